The molecule has 0 amide bonds. The summed E-state index contributed by atoms with van der Waals surface area (Å²) in [5.74, 6) is -6.45. The summed E-state index contributed by atoms with van der Waals surface area (Å²) in [5.41, 5.74) is -1.53. The quantitative estimate of drug-likeness (QED) is 0.176. The highest BCUT2D eigenvalue weighted by Gasteiger charge is 2.70. The largest absolute Gasteiger partial charge is 0.508 e. The topological polar surface area (TPSA) is 169 Å². The zero-order chi connectivity index (χ0) is 34.6. The molecule has 6 atom stereocenters. The Balaban J connectivity index is 1.37. The maximum absolute atomic E-state index is 14.7. The highest BCUT2D eigenvalue weighted by Crippen LogP contribution is 2.59. The van der Waals surface area contributed by atoms with Crippen LogP contribution in [0.3, 0.4) is 0 Å². The number of ether oxygens (including phenoxy) is 3. The van der Waals surface area contributed by atoms with Crippen LogP contribution in [0, 0.1) is 11.8 Å². The molecule has 3 aromatic carbocycles. The van der Waals surface area contributed by atoms with Crippen LogP contribution in [0.5, 0.6) is 11.6 Å². The Morgan fingerprint density at radius 1 is 0.898 bits per heavy atom. The van der Waals surface area contributed by atoms with Crippen LogP contribution in [0.1, 0.15) is 57.3 Å². The maximum Gasteiger partial charge on any atom is 0.508 e. The van der Waals surface area contributed by atoms with Gasteiger partial charge in [0.05, 0.1) is 17.5 Å². The molecule has 0 aliphatic heterocycles. The average molecular weight is 667 g/mol. The number of rotatable bonds is 7. The van der Waals surface area contributed by atoms with Crippen LogP contribution in [-0.4, -0.2) is 68.9 Å². The van der Waals surface area contributed by atoms with Crippen molar-refractivity contribution in [3.63, 3.8) is 0 Å². The number of carbonyl (C=O) groups is 3. The van der Waals surface area contributed by atoms with Gasteiger partial charge in [-0.3, -0.25) is 14.5 Å². The number of hydrogen-bond donors (Lipinski definition) is 3. The summed E-state index contributed by atoms with van der Waals surface area (Å²) >= 11 is 0. The summed E-state index contributed by atoms with van der Waals surface area (Å²) in [6, 6.07) is 21.6. The van der Waals surface area contributed by atoms with Crippen LogP contribution in [0.4, 0.5) is 4.79 Å². The molecule has 12 heteroatoms. The Morgan fingerprint density at radius 2 is 1.55 bits per heavy atom. The fourth-order valence-electron chi connectivity index (χ4n) is 7.56. The first-order valence-electron chi connectivity index (χ1n) is 15.8. The number of aliphatic hydroxyl groups is 2. The SMILES string of the molecule is C[C@H]1c2cccc(O)c2C(O)=C2C(=O)[C@]3(O)C(=O)c4c(OCc5ccccc5)noc4[C@@H](N(C)C)[C@@H]3[C@@H](OC(=O)OCc3ccccc3)[C@@H]21. The predicted molar refractivity (Wildman–Crippen MR) is 173 cm³/mol. The van der Waals surface area contributed by atoms with Gasteiger partial charge in [-0.15, -0.1) is 0 Å². The van der Waals surface area contributed by atoms with Gasteiger partial charge in [0.15, 0.2) is 11.4 Å². The number of fused-ring (bicyclic) bond motifs is 4. The normalized spacial score (nSPS) is 25.6. The number of aromatic hydroxyl groups is 1. The first-order chi connectivity index (χ1) is 23.5. The molecule has 1 aromatic heterocycles. The van der Waals surface area contributed by atoms with E-state index < -0.39 is 59.0 Å². The van der Waals surface area contributed by atoms with Crippen molar-refractivity contribution in [1.29, 1.82) is 0 Å². The molecular formula is C37H34N2O10. The number of aliphatic hydroxyl groups excluding tert-OH is 1. The molecule has 3 aliphatic carbocycles. The van der Waals surface area contributed by atoms with Gasteiger partial charge >= 0.3 is 6.16 Å². The van der Waals surface area contributed by atoms with Crippen LogP contribution in [-0.2, 0) is 27.5 Å². The molecule has 3 N–H and O–H groups in total. The standard InChI is InChI=1S/C37H34N2O10/c1-19-22-15-10-16-23(40)25(22)30(41)26-24(19)31(48-36(44)47-18-21-13-8-5-9-14-21)28-29(39(2)3)32-27(34(43)37(28,45)33(26)42)35(38-49-32)46-17-20-11-6-4-7-12-20/h4-16,19,24,28-29,31,40-41,45H,17-18H2,1-3H3/t19-,24+,28+,29-,31-,37-/m0/s1. The zero-order valence-corrected chi connectivity index (χ0v) is 26.9. The van der Waals surface area contributed by atoms with E-state index in [-0.39, 0.29) is 47.3 Å². The van der Waals surface area contributed by atoms with Crippen molar-refractivity contribution in [3.05, 3.63) is 118 Å². The fourth-order valence-corrected chi connectivity index (χ4v) is 7.56. The van der Waals surface area contributed by atoms with E-state index in [1.54, 1.807) is 62.3 Å². The van der Waals surface area contributed by atoms with Crippen molar-refractivity contribution >= 4 is 23.5 Å². The smallest absolute Gasteiger partial charge is 0.507 e. The zero-order valence-electron chi connectivity index (χ0n) is 26.9. The molecule has 1 heterocycles. The van der Waals surface area contributed by atoms with Crippen LogP contribution >= 0.6 is 0 Å². The second kappa shape index (κ2) is 12.2. The molecule has 0 radical (unpaired) electrons. The summed E-state index contributed by atoms with van der Waals surface area (Å²) in [5, 5.41) is 39.0. The van der Waals surface area contributed by atoms with E-state index in [0.717, 1.165) is 5.56 Å². The molecule has 0 bridgehead atoms. The van der Waals surface area contributed by atoms with Crippen molar-refractivity contribution < 1.29 is 48.4 Å². The summed E-state index contributed by atoms with van der Waals surface area (Å²) in [4.78, 5) is 44.3. The minimum Gasteiger partial charge on any atom is -0.507 e. The Kier molecular flexibility index (Phi) is 8.00. The van der Waals surface area contributed by atoms with Gasteiger partial charge in [-0.25, -0.2) is 4.79 Å². The molecule has 1 saturated carbocycles. The van der Waals surface area contributed by atoms with Crippen molar-refractivity contribution in [2.45, 2.75) is 43.8 Å². The van der Waals surface area contributed by atoms with E-state index in [2.05, 4.69) is 5.16 Å². The van der Waals surface area contributed by atoms with Gasteiger partial charge in [0.1, 0.15) is 36.4 Å². The first kappa shape index (κ1) is 32.1. The number of benzene rings is 3. The highest BCUT2D eigenvalue weighted by molar-refractivity contribution is 6.26. The monoisotopic (exact) mass is 666 g/mol. The minimum absolute atomic E-state index is 0.00739. The van der Waals surface area contributed by atoms with E-state index in [9.17, 15) is 29.7 Å². The molecule has 7 rings (SSSR count). The number of aromatic nitrogens is 1. The van der Waals surface area contributed by atoms with Crippen LogP contribution < -0.4 is 4.74 Å². The highest BCUT2D eigenvalue weighted by atomic mass is 16.7. The molecule has 1 fully saturated rings. The number of hydrogen-bond acceptors (Lipinski definition) is 12. The Hall–Kier alpha value is -5.46. The average Bonchev–Trinajstić information content (AvgIpc) is 3.52. The molecule has 12 nitrogen and oxygen atoms in total. The van der Waals surface area contributed by atoms with Crippen molar-refractivity contribution in [3.8, 4) is 11.6 Å². The lowest BCUT2D eigenvalue weighted by Gasteiger charge is -2.53. The van der Waals surface area contributed by atoms with Crippen LogP contribution in [0.2, 0.25) is 0 Å². The van der Waals surface area contributed by atoms with Gasteiger partial charge in [-0.1, -0.05) is 79.7 Å². The number of carbonyl (C=O) groups excluding carboxylic acids is 3. The third kappa shape index (κ3) is 5.06. The van der Waals surface area contributed by atoms with E-state index in [4.69, 9.17) is 18.7 Å². The van der Waals surface area contributed by atoms with Gasteiger partial charge in [0.25, 0.3) is 5.88 Å². The maximum atomic E-state index is 14.7. The molecular weight excluding hydrogens is 632 g/mol. The fraction of sp³-hybridized carbons (Fsp3) is 0.297. The van der Waals surface area contributed by atoms with E-state index in [0.29, 0.717) is 11.1 Å². The number of phenolic OH excluding ortho intramolecular Hbond substituents is 1. The molecule has 4 aromatic rings. The second-order valence-electron chi connectivity index (χ2n) is 12.8. The lowest BCUT2D eigenvalue weighted by atomic mass is 9.54. The third-order valence-corrected chi connectivity index (χ3v) is 9.79. The Labute approximate surface area is 281 Å². The second-order valence-corrected chi connectivity index (χ2v) is 12.8. The van der Waals surface area contributed by atoms with Gasteiger partial charge in [0.2, 0.25) is 11.6 Å². The molecule has 3 aliphatic rings. The first-order valence-corrected chi connectivity index (χ1v) is 15.8. The van der Waals surface area contributed by atoms with E-state index in [1.807, 2.05) is 36.4 Å². The summed E-state index contributed by atoms with van der Waals surface area (Å²) in [7, 11) is 3.32. The summed E-state index contributed by atoms with van der Waals surface area (Å²) < 4.78 is 23.1. The number of Topliss-reactive ketones (excluding diaryl/α,β-unsaturated/α-hetero) is 2. The molecule has 0 unspecified atom stereocenters. The van der Waals surface area contributed by atoms with E-state index in [1.165, 1.54) is 6.07 Å². The molecule has 0 spiro atoms. The third-order valence-electron chi connectivity index (χ3n) is 9.79. The molecule has 252 valence electrons. The summed E-state index contributed by atoms with van der Waals surface area (Å²) in [6.07, 6.45) is -2.53. The van der Waals surface area contributed by atoms with Crippen LogP contribution in [0.25, 0.3) is 5.76 Å². The number of phenols is 1. The summed E-state index contributed by atoms with van der Waals surface area (Å²) in [6.45, 7) is 1.63. The van der Waals surface area contributed by atoms with Gasteiger partial charge in [0, 0.05) is 11.5 Å². The predicted octanol–water partition coefficient (Wildman–Crippen LogP) is 5.11. The van der Waals surface area contributed by atoms with Crippen LogP contribution in [0.15, 0.2) is 89.0 Å². The van der Waals surface area contributed by atoms with Crippen molar-refractivity contribution in [1.82, 2.24) is 10.1 Å². The van der Waals surface area contributed by atoms with E-state index >= 15 is 0 Å². The van der Waals surface area contributed by atoms with Crippen molar-refractivity contribution in [2.75, 3.05) is 14.1 Å². The van der Waals surface area contributed by atoms with Crippen molar-refractivity contribution in [2.24, 2.45) is 11.8 Å². The molecule has 49 heavy (non-hydrogen) atoms. The molecule has 0 saturated heterocycles. The Bertz CT molecular complexity index is 1970. The number of ketones is 2. The lowest BCUT2D eigenvalue weighted by molar-refractivity contribution is -0.161. The lowest BCUT2D eigenvalue weighted by Crippen LogP contribution is -2.69. The minimum atomic E-state index is -2.88. The Morgan fingerprint density at radius 3 is 2.20 bits per heavy atom. The van der Waals surface area contributed by atoms with Gasteiger partial charge in [-0.05, 0) is 47.9 Å². The van der Waals surface area contributed by atoms with Gasteiger partial charge < -0.3 is 34.1 Å². The number of nitrogens with zero attached hydrogens (tertiary/aromatic N) is 2. The van der Waals surface area contributed by atoms with Gasteiger partial charge in [-0.2, -0.15) is 0 Å².